The van der Waals surface area contributed by atoms with Crippen LogP contribution in [0.2, 0.25) is 0 Å². The Labute approximate surface area is 176 Å². The van der Waals surface area contributed by atoms with Crippen LogP contribution < -0.4 is 12.4 Å². The van der Waals surface area contributed by atoms with Gasteiger partial charge < -0.3 is 22.0 Å². The number of nitrogens with zero attached hydrogens (tertiary/aromatic N) is 2. The van der Waals surface area contributed by atoms with Crippen LogP contribution in [0.5, 0.6) is 0 Å². The smallest absolute Gasteiger partial charge is 0.307 e. The van der Waals surface area contributed by atoms with Gasteiger partial charge in [0.2, 0.25) is 0 Å². The number of benzene rings is 1. The predicted octanol–water partition coefficient (Wildman–Crippen LogP) is -0.0509. The zero-order valence-corrected chi connectivity index (χ0v) is 18.1. The topological polar surface area (TPSA) is 49.9 Å². The largest absolute Gasteiger partial charge is 1.00 e. The summed E-state index contributed by atoms with van der Waals surface area (Å²) < 4.78 is 5.62. The van der Waals surface area contributed by atoms with Gasteiger partial charge in [-0.05, 0) is 37.7 Å². The van der Waals surface area contributed by atoms with Gasteiger partial charge in [0.15, 0.2) is 0 Å². The Morgan fingerprint density at radius 1 is 1.30 bits per heavy atom. The second-order valence-corrected chi connectivity index (χ2v) is 7.88. The molecule has 1 fully saturated rings. The molecule has 1 heterocycles. The van der Waals surface area contributed by atoms with Gasteiger partial charge in [0.05, 0.1) is 11.3 Å². The van der Waals surface area contributed by atoms with Crippen molar-refractivity contribution in [3.05, 3.63) is 40.3 Å². The van der Waals surface area contributed by atoms with Gasteiger partial charge in [-0.1, -0.05) is 55.2 Å². The van der Waals surface area contributed by atoms with Crippen molar-refractivity contribution in [1.29, 1.82) is 0 Å². The number of hydrogen-bond donors (Lipinski definition) is 0. The quantitative estimate of drug-likeness (QED) is 0.329. The van der Waals surface area contributed by atoms with Crippen molar-refractivity contribution < 1.29 is 26.7 Å². The summed E-state index contributed by atoms with van der Waals surface area (Å²) in [5.74, 6) is -0.472. The number of amides is 1. The number of likely N-dealkylation sites (N-methyl/N-ethyl adjacent to an activating group) is 1. The van der Waals surface area contributed by atoms with E-state index in [1.807, 2.05) is 37.2 Å². The summed E-state index contributed by atoms with van der Waals surface area (Å²) in [4.78, 5) is 28.3. The van der Waals surface area contributed by atoms with E-state index in [-0.39, 0.29) is 37.2 Å². The molecule has 5 nitrogen and oxygen atoms in total. The normalized spacial score (nSPS) is 15.4. The van der Waals surface area contributed by atoms with Gasteiger partial charge in [0, 0.05) is 13.1 Å². The first-order valence-corrected chi connectivity index (χ1v) is 9.78. The highest BCUT2D eigenvalue weighted by Gasteiger charge is 2.32. The lowest BCUT2D eigenvalue weighted by Crippen LogP contribution is -3.00. The number of thiocarbonyl (C=S) groups is 1. The van der Waals surface area contributed by atoms with Crippen LogP contribution in [0.15, 0.2) is 29.2 Å². The number of halogens is 1. The second kappa shape index (κ2) is 11.4. The highest BCUT2D eigenvalue weighted by molar-refractivity contribution is 8.26. The van der Waals surface area contributed by atoms with Gasteiger partial charge in [-0.2, -0.15) is 0 Å². The number of carbonyl (C=O) groups excluding carboxylic acids is 2. The van der Waals surface area contributed by atoms with Crippen LogP contribution in [-0.4, -0.2) is 59.8 Å². The summed E-state index contributed by atoms with van der Waals surface area (Å²) in [5.41, 5.74) is 2.22. The number of carbonyl (C=O) groups is 2. The highest BCUT2D eigenvalue weighted by Crippen LogP contribution is 2.32. The van der Waals surface area contributed by atoms with Crippen LogP contribution in [-0.2, 0) is 20.7 Å². The van der Waals surface area contributed by atoms with Crippen LogP contribution in [0, 0.1) is 0 Å². The van der Waals surface area contributed by atoms with Gasteiger partial charge in [0.25, 0.3) is 5.91 Å². The van der Waals surface area contributed by atoms with Crippen molar-refractivity contribution in [2.75, 3.05) is 33.8 Å². The molecule has 0 aliphatic carbocycles. The fourth-order valence-electron chi connectivity index (χ4n) is 2.31. The Balaban J connectivity index is 0.00000364. The van der Waals surface area contributed by atoms with Crippen LogP contribution in [0.4, 0.5) is 0 Å². The van der Waals surface area contributed by atoms with Crippen LogP contribution in [0.1, 0.15) is 24.5 Å². The summed E-state index contributed by atoms with van der Waals surface area (Å²) in [7, 11) is 3.83. The summed E-state index contributed by atoms with van der Waals surface area (Å²) in [6.45, 7) is 3.37. The Kier molecular flexibility index (Phi) is 10.0. The van der Waals surface area contributed by atoms with Gasteiger partial charge in [-0.25, -0.2) is 0 Å². The third kappa shape index (κ3) is 7.25. The number of thioether (sulfide) groups is 1. The molecule has 148 valence electrons. The molecule has 0 N–H and O–H groups in total. The molecule has 1 aromatic carbocycles. The monoisotopic (exact) mass is 427 g/mol. The van der Waals surface area contributed by atoms with E-state index in [2.05, 4.69) is 19.1 Å². The van der Waals surface area contributed by atoms with Crippen molar-refractivity contribution in [3.8, 4) is 0 Å². The minimum Gasteiger partial charge on any atom is -1.00 e. The molecule has 27 heavy (non-hydrogen) atoms. The molecular formula is C19H24ClN2O3S2-. The standard InChI is InChI=1S/C19H24N2O3S2.ClH/c1-4-14-5-7-15(8-6-14)13-16-18(23)21(19(25)26-16)10-9-17(22)24-12-11-20(2)3;/h5-8,13H,4,9-12H2,1-3H3;1H/p-1/b16-13-;. The van der Waals surface area contributed by atoms with E-state index in [1.54, 1.807) is 0 Å². The van der Waals surface area contributed by atoms with Crippen LogP contribution in [0.25, 0.3) is 6.08 Å². The third-order valence-electron chi connectivity index (χ3n) is 3.90. The van der Waals surface area contributed by atoms with Crippen molar-refractivity contribution in [2.24, 2.45) is 0 Å². The van der Waals surface area contributed by atoms with E-state index in [4.69, 9.17) is 17.0 Å². The van der Waals surface area contributed by atoms with E-state index >= 15 is 0 Å². The molecule has 0 saturated carbocycles. The van der Waals surface area contributed by atoms with E-state index < -0.39 is 0 Å². The Bertz CT molecular complexity index is 705. The van der Waals surface area contributed by atoms with Crippen LogP contribution >= 0.6 is 24.0 Å². The Morgan fingerprint density at radius 2 is 1.96 bits per heavy atom. The molecule has 0 radical (unpaired) electrons. The van der Waals surface area contributed by atoms with E-state index in [1.165, 1.54) is 22.2 Å². The highest BCUT2D eigenvalue weighted by atomic mass is 35.5. The summed E-state index contributed by atoms with van der Waals surface area (Å²) in [6.07, 6.45) is 2.96. The lowest BCUT2D eigenvalue weighted by atomic mass is 10.1. The van der Waals surface area contributed by atoms with Crippen molar-refractivity contribution in [3.63, 3.8) is 0 Å². The molecule has 1 aliphatic heterocycles. The molecule has 1 saturated heterocycles. The molecule has 0 bridgehead atoms. The lowest BCUT2D eigenvalue weighted by molar-refractivity contribution is -0.144. The Hall–Kier alpha value is -1.41. The fourth-order valence-corrected chi connectivity index (χ4v) is 3.62. The Morgan fingerprint density at radius 3 is 2.56 bits per heavy atom. The number of rotatable bonds is 8. The number of hydrogen-bond acceptors (Lipinski definition) is 6. The van der Waals surface area contributed by atoms with Gasteiger partial charge in [-0.15, -0.1) is 0 Å². The summed E-state index contributed by atoms with van der Waals surface area (Å²) in [5, 5.41) is 0. The molecule has 1 aromatic rings. The molecule has 0 unspecified atom stereocenters. The summed E-state index contributed by atoms with van der Waals surface area (Å²) >= 11 is 6.56. The fraction of sp³-hybridized carbons (Fsp3) is 0.421. The number of esters is 1. The molecular weight excluding hydrogens is 404 g/mol. The lowest BCUT2D eigenvalue weighted by Gasteiger charge is -2.14. The summed E-state index contributed by atoms with van der Waals surface area (Å²) in [6, 6.07) is 8.09. The average Bonchev–Trinajstić information content (AvgIpc) is 2.87. The molecule has 2 rings (SSSR count). The second-order valence-electron chi connectivity index (χ2n) is 6.20. The first kappa shape index (κ1) is 23.6. The zero-order valence-electron chi connectivity index (χ0n) is 15.7. The molecule has 1 aliphatic rings. The molecule has 0 spiro atoms. The first-order chi connectivity index (χ1) is 12.4. The minimum absolute atomic E-state index is 0. The number of ether oxygens (including phenoxy) is 1. The SMILES string of the molecule is CCc1ccc(/C=C2\SC(=S)N(CCC(=O)OCCN(C)C)C2=O)cc1.[Cl-]. The maximum atomic E-state index is 12.5. The molecule has 0 atom stereocenters. The number of aryl methyl sites for hydroxylation is 1. The van der Waals surface area contributed by atoms with Gasteiger partial charge in [-0.3, -0.25) is 14.5 Å². The van der Waals surface area contributed by atoms with Crippen molar-refractivity contribution in [2.45, 2.75) is 19.8 Å². The maximum absolute atomic E-state index is 12.5. The van der Waals surface area contributed by atoms with E-state index in [9.17, 15) is 9.59 Å². The average molecular weight is 428 g/mol. The molecule has 1 amide bonds. The van der Waals surface area contributed by atoms with E-state index in [0.717, 1.165) is 12.0 Å². The van der Waals surface area contributed by atoms with Crippen LogP contribution in [0.3, 0.4) is 0 Å². The van der Waals surface area contributed by atoms with Crippen molar-refractivity contribution in [1.82, 2.24) is 9.80 Å². The minimum atomic E-state index is -0.319. The van der Waals surface area contributed by atoms with E-state index in [0.29, 0.717) is 22.4 Å². The zero-order chi connectivity index (χ0) is 19.1. The molecule has 0 aromatic heterocycles. The van der Waals surface area contributed by atoms with Gasteiger partial charge >= 0.3 is 5.97 Å². The predicted molar refractivity (Wildman–Crippen MR) is 110 cm³/mol. The third-order valence-corrected chi connectivity index (χ3v) is 5.28. The maximum Gasteiger partial charge on any atom is 0.307 e. The first-order valence-electron chi connectivity index (χ1n) is 8.55. The van der Waals surface area contributed by atoms with Gasteiger partial charge in [0.1, 0.15) is 10.9 Å². The van der Waals surface area contributed by atoms with Crippen molar-refractivity contribution >= 4 is 46.3 Å². The molecule has 8 heteroatoms.